The van der Waals surface area contributed by atoms with Crippen LogP contribution in [0.25, 0.3) is 0 Å². The summed E-state index contributed by atoms with van der Waals surface area (Å²) in [5, 5.41) is 8.27. The minimum absolute atomic E-state index is 0.0667. The van der Waals surface area contributed by atoms with Crippen LogP contribution in [0.5, 0.6) is 0 Å². The molecule has 0 bridgehead atoms. The number of hydrogen-bond acceptors (Lipinski definition) is 4. The number of benzene rings is 1. The van der Waals surface area contributed by atoms with E-state index in [4.69, 9.17) is 5.14 Å². The van der Waals surface area contributed by atoms with E-state index in [1.165, 1.54) is 12.1 Å². The molecule has 2 rings (SSSR count). The maximum Gasteiger partial charge on any atom is 0.238 e. The summed E-state index contributed by atoms with van der Waals surface area (Å²) in [7, 11) is -3.78. The molecule has 0 fully saturated rings. The third-order valence-corrected chi connectivity index (χ3v) is 4.16. The first-order valence-corrected chi connectivity index (χ1v) is 7.82. The highest BCUT2D eigenvalue weighted by atomic mass is 32.2. The van der Waals surface area contributed by atoms with Gasteiger partial charge in [-0.05, 0) is 43.2 Å². The van der Waals surface area contributed by atoms with Crippen molar-refractivity contribution in [1.82, 2.24) is 4.98 Å². The van der Waals surface area contributed by atoms with E-state index in [1.54, 1.807) is 25.3 Å². The predicted molar refractivity (Wildman–Crippen MR) is 78.8 cm³/mol. The van der Waals surface area contributed by atoms with Crippen molar-refractivity contribution in [1.29, 1.82) is 0 Å². The van der Waals surface area contributed by atoms with Crippen LogP contribution in [0.3, 0.4) is 0 Å². The van der Waals surface area contributed by atoms with E-state index < -0.39 is 15.8 Å². The van der Waals surface area contributed by atoms with Crippen molar-refractivity contribution in [2.75, 3.05) is 5.32 Å². The van der Waals surface area contributed by atoms with Crippen molar-refractivity contribution < 1.29 is 12.8 Å². The van der Waals surface area contributed by atoms with E-state index in [9.17, 15) is 12.8 Å². The van der Waals surface area contributed by atoms with Gasteiger partial charge in [0, 0.05) is 11.9 Å². The van der Waals surface area contributed by atoms with Gasteiger partial charge in [0.25, 0.3) is 0 Å². The Balaban J connectivity index is 2.28. The SMILES string of the molecule is Cc1ccc(NC(C)c2cncc(F)c2)cc1S(N)(=O)=O. The van der Waals surface area contributed by atoms with Crippen LogP contribution < -0.4 is 10.5 Å². The highest BCUT2D eigenvalue weighted by Crippen LogP contribution is 2.23. The molecule has 1 aromatic heterocycles. The van der Waals surface area contributed by atoms with E-state index >= 15 is 0 Å². The van der Waals surface area contributed by atoms with Crippen LogP contribution in [0.15, 0.2) is 41.6 Å². The Bertz CT molecular complexity index is 763. The Morgan fingerprint density at radius 1 is 1.29 bits per heavy atom. The zero-order valence-corrected chi connectivity index (χ0v) is 12.5. The van der Waals surface area contributed by atoms with E-state index in [-0.39, 0.29) is 10.9 Å². The molecule has 0 aliphatic heterocycles. The number of halogens is 1. The number of sulfonamides is 1. The van der Waals surface area contributed by atoms with Crippen molar-refractivity contribution >= 4 is 15.7 Å². The number of hydrogen-bond donors (Lipinski definition) is 2. The fourth-order valence-electron chi connectivity index (χ4n) is 1.99. The Labute approximate surface area is 123 Å². The number of rotatable bonds is 4. The smallest absolute Gasteiger partial charge is 0.238 e. The third-order valence-electron chi connectivity index (χ3n) is 3.10. The van der Waals surface area contributed by atoms with Crippen LogP contribution in [0, 0.1) is 12.7 Å². The first-order chi connectivity index (χ1) is 9.77. The average molecular weight is 309 g/mol. The second kappa shape index (κ2) is 5.79. The van der Waals surface area contributed by atoms with Crippen molar-refractivity contribution in [3.8, 4) is 0 Å². The number of primary sulfonamides is 1. The number of aryl methyl sites for hydroxylation is 1. The number of nitrogens with two attached hydrogens (primary N) is 1. The minimum atomic E-state index is -3.78. The van der Waals surface area contributed by atoms with Gasteiger partial charge >= 0.3 is 0 Å². The molecule has 1 aromatic carbocycles. The maximum absolute atomic E-state index is 13.2. The summed E-state index contributed by atoms with van der Waals surface area (Å²) >= 11 is 0. The molecule has 1 atom stereocenters. The van der Waals surface area contributed by atoms with Crippen LogP contribution >= 0.6 is 0 Å². The van der Waals surface area contributed by atoms with Gasteiger partial charge in [0.05, 0.1) is 17.1 Å². The van der Waals surface area contributed by atoms with Gasteiger partial charge in [-0.25, -0.2) is 17.9 Å². The second-order valence-electron chi connectivity index (χ2n) is 4.83. The van der Waals surface area contributed by atoms with E-state index in [0.29, 0.717) is 16.8 Å². The van der Waals surface area contributed by atoms with Gasteiger partial charge in [-0.3, -0.25) is 4.98 Å². The fraction of sp³-hybridized carbons (Fsp3) is 0.214. The molecule has 0 amide bonds. The Morgan fingerprint density at radius 3 is 2.62 bits per heavy atom. The van der Waals surface area contributed by atoms with Gasteiger partial charge in [0.2, 0.25) is 10.0 Å². The van der Waals surface area contributed by atoms with Gasteiger partial charge in [-0.2, -0.15) is 0 Å². The molecule has 0 aliphatic rings. The number of anilines is 1. The Kier molecular flexibility index (Phi) is 4.24. The molecule has 0 saturated heterocycles. The topological polar surface area (TPSA) is 85.1 Å². The quantitative estimate of drug-likeness (QED) is 0.908. The molecule has 0 spiro atoms. The van der Waals surface area contributed by atoms with Crippen molar-refractivity contribution in [3.63, 3.8) is 0 Å². The zero-order chi connectivity index (χ0) is 15.6. The van der Waals surface area contributed by atoms with Gasteiger partial charge < -0.3 is 5.32 Å². The van der Waals surface area contributed by atoms with Crippen LogP contribution in [-0.2, 0) is 10.0 Å². The average Bonchev–Trinajstić information content (AvgIpc) is 2.39. The van der Waals surface area contributed by atoms with E-state index in [0.717, 1.165) is 6.20 Å². The van der Waals surface area contributed by atoms with Gasteiger partial charge in [-0.15, -0.1) is 0 Å². The number of pyridine rings is 1. The maximum atomic E-state index is 13.2. The van der Waals surface area contributed by atoms with E-state index in [2.05, 4.69) is 10.3 Å². The standard InChI is InChI=1S/C14H16FN3O2S/c1-9-3-4-13(6-14(9)21(16,19)20)18-10(2)11-5-12(15)8-17-7-11/h3-8,10,18H,1-2H3,(H2,16,19,20). The summed E-state index contributed by atoms with van der Waals surface area (Å²) in [5.41, 5.74) is 1.82. The number of aromatic nitrogens is 1. The molecule has 0 aliphatic carbocycles. The molecule has 1 unspecified atom stereocenters. The highest BCUT2D eigenvalue weighted by Gasteiger charge is 2.13. The normalized spacial score (nSPS) is 13.0. The second-order valence-corrected chi connectivity index (χ2v) is 6.36. The first-order valence-electron chi connectivity index (χ1n) is 6.28. The monoisotopic (exact) mass is 309 g/mol. The molecule has 0 saturated carbocycles. The van der Waals surface area contributed by atoms with Crippen molar-refractivity contribution in [2.45, 2.75) is 24.8 Å². The summed E-state index contributed by atoms with van der Waals surface area (Å²) in [6.45, 7) is 3.50. The van der Waals surface area contributed by atoms with Crippen LogP contribution in [0.2, 0.25) is 0 Å². The Morgan fingerprint density at radius 2 is 2.00 bits per heavy atom. The van der Waals surface area contributed by atoms with Crippen molar-refractivity contribution in [2.24, 2.45) is 5.14 Å². The molecule has 7 heteroatoms. The summed E-state index contributed by atoms with van der Waals surface area (Å²) in [4.78, 5) is 3.85. The Hall–Kier alpha value is -1.99. The van der Waals surface area contributed by atoms with Crippen LogP contribution in [0.1, 0.15) is 24.1 Å². The molecule has 5 nitrogen and oxygen atoms in total. The van der Waals surface area contributed by atoms with E-state index in [1.807, 2.05) is 6.92 Å². The lowest BCUT2D eigenvalue weighted by Crippen LogP contribution is -2.14. The summed E-state index contributed by atoms with van der Waals surface area (Å²) in [6.07, 6.45) is 2.68. The molecular weight excluding hydrogens is 293 g/mol. The molecule has 112 valence electrons. The van der Waals surface area contributed by atoms with Gasteiger partial charge in [0.15, 0.2) is 0 Å². The first kappa shape index (κ1) is 15.4. The largest absolute Gasteiger partial charge is 0.378 e. The molecule has 21 heavy (non-hydrogen) atoms. The summed E-state index contributed by atoms with van der Waals surface area (Å²) < 4.78 is 36.1. The summed E-state index contributed by atoms with van der Waals surface area (Å²) in [6, 6.07) is 6.02. The van der Waals surface area contributed by atoms with Gasteiger partial charge in [-0.1, -0.05) is 6.07 Å². The minimum Gasteiger partial charge on any atom is -0.378 e. The van der Waals surface area contributed by atoms with Gasteiger partial charge in [0.1, 0.15) is 5.82 Å². The zero-order valence-electron chi connectivity index (χ0n) is 11.7. The summed E-state index contributed by atoms with van der Waals surface area (Å²) in [5.74, 6) is -0.421. The van der Waals surface area contributed by atoms with Crippen molar-refractivity contribution in [3.05, 3.63) is 53.6 Å². The predicted octanol–water partition coefficient (Wildman–Crippen LogP) is 2.35. The third kappa shape index (κ3) is 3.77. The van der Waals surface area contributed by atoms with Crippen LogP contribution in [-0.4, -0.2) is 13.4 Å². The molecule has 1 heterocycles. The lowest BCUT2D eigenvalue weighted by Gasteiger charge is -2.16. The van der Waals surface area contributed by atoms with Crippen LogP contribution in [0.4, 0.5) is 10.1 Å². The molecule has 0 radical (unpaired) electrons. The number of nitrogens with one attached hydrogen (secondary N) is 1. The molecule has 2 aromatic rings. The number of nitrogens with zero attached hydrogens (tertiary/aromatic N) is 1. The molecular formula is C14H16FN3O2S. The fourth-order valence-corrected chi connectivity index (χ4v) is 2.80. The lowest BCUT2D eigenvalue weighted by atomic mass is 10.1. The molecule has 3 N–H and O–H groups in total. The highest BCUT2D eigenvalue weighted by molar-refractivity contribution is 7.89. The lowest BCUT2D eigenvalue weighted by molar-refractivity contribution is 0.597.